The van der Waals surface area contributed by atoms with Gasteiger partial charge in [-0.15, -0.1) is 11.3 Å². The van der Waals surface area contributed by atoms with Gasteiger partial charge >= 0.3 is 5.97 Å². The summed E-state index contributed by atoms with van der Waals surface area (Å²) >= 11 is 13.5. The molecule has 5 nitrogen and oxygen atoms in total. The highest BCUT2D eigenvalue weighted by Gasteiger charge is 2.56. The molecular weight excluding hydrogens is 517 g/mol. The van der Waals surface area contributed by atoms with E-state index in [9.17, 15) is 14.7 Å². The van der Waals surface area contributed by atoms with Gasteiger partial charge in [0.25, 0.3) is 5.91 Å². The van der Waals surface area contributed by atoms with E-state index in [0.717, 1.165) is 34.9 Å². The molecule has 4 aliphatic carbocycles. The van der Waals surface area contributed by atoms with Crippen molar-refractivity contribution < 1.29 is 19.4 Å². The summed E-state index contributed by atoms with van der Waals surface area (Å²) in [6.45, 7) is 0.204. The number of thiophene rings is 1. The fraction of sp³-hybridized carbons (Fsp3) is 0.429. The van der Waals surface area contributed by atoms with Crippen LogP contribution in [0.2, 0.25) is 10.0 Å². The molecule has 8 heteroatoms. The molecule has 36 heavy (non-hydrogen) atoms. The summed E-state index contributed by atoms with van der Waals surface area (Å²) in [4.78, 5) is 26.6. The highest BCUT2D eigenvalue weighted by atomic mass is 35.5. The van der Waals surface area contributed by atoms with Crippen LogP contribution in [0.25, 0.3) is 10.1 Å². The highest BCUT2D eigenvalue weighted by molar-refractivity contribution is 7.21. The van der Waals surface area contributed by atoms with Crippen LogP contribution < -0.4 is 10.1 Å². The standard InChI is InChI=1S/C28H27Cl2NO4S/c29-20-6-5-15(10-21(20)30)14-35-23-19-3-1-2-4-22(19)36-24(23)26(32)31-25(27(33)34)28-11-16-7-17(12-28)9-18(8-16)13-28/h1-6,10,16-18,25H,7-9,11-14H2,(H,31,32)(H,33,34). The molecule has 0 spiro atoms. The minimum atomic E-state index is -0.940. The first-order valence-electron chi connectivity index (χ1n) is 12.4. The lowest BCUT2D eigenvalue weighted by Gasteiger charge is -2.58. The summed E-state index contributed by atoms with van der Waals surface area (Å²) in [5.74, 6) is 0.903. The van der Waals surface area contributed by atoms with E-state index in [1.54, 1.807) is 12.1 Å². The average Bonchev–Trinajstić information content (AvgIpc) is 3.21. The molecule has 1 aromatic heterocycles. The number of carboxylic acid groups (broad SMARTS) is 1. The predicted molar refractivity (Wildman–Crippen MR) is 142 cm³/mol. The van der Waals surface area contributed by atoms with Gasteiger partial charge in [-0.3, -0.25) is 4.79 Å². The molecule has 1 amide bonds. The Morgan fingerprint density at radius 3 is 2.33 bits per heavy atom. The van der Waals surface area contributed by atoms with Crippen molar-refractivity contribution in [2.45, 2.75) is 51.2 Å². The molecule has 4 fully saturated rings. The zero-order chi connectivity index (χ0) is 25.0. The van der Waals surface area contributed by atoms with E-state index in [1.807, 2.05) is 30.3 Å². The van der Waals surface area contributed by atoms with Crippen LogP contribution in [0.4, 0.5) is 0 Å². The van der Waals surface area contributed by atoms with Gasteiger partial charge in [0.1, 0.15) is 17.5 Å². The number of benzene rings is 2. The van der Waals surface area contributed by atoms with Crippen LogP contribution in [0.3, 0.4) is 0 Å². The summed E-state index contributed by atoms with van der Waals surface area (Å²) < 4.78 is 7.09. The van der Waals surface area contributed by atoms with Gasteiger partial charge in [0.05, 0.1) is 10.0 Å². The third-order valence-corrected chi connectivity index (χ3v) is 10.2. The second-order valence-corrected chi connectivity index (χ2v) is 12.7. The first-order chi connectivity index (χ1) is 17.3. The average molecular weight is 545 g/mol. The molecule has 2 aromatic carbocycles. The molecule has 0 radical (unpaired) electrons. The Hall–Kier alpha value is -2.28. The number of fused-ring (bicyclic) bond motifs is 1. The summed E-state index contributed by atoms with van der Waals surface area (Å²) in [5.41, 5.74) is 0.469. The van der Waals surface area contributed by atoms with Crippen LogP contribution in [-0.4, -0.2) is 23.0 Å². The number of carbonyl (C=O) groups is 2. The van der Waals surface area contributed by atoms with Gasteiger partial charge in [0, 0.05) is 15.5 Å². The second kappa shape index (κ2) is 9.23. The van der Waals surface area contributed by atoms with Gasteiger partial charge in [-0.25, -0.2) is 4.79 Å². The maximum atomic E-state index is 13.7. The number of hydrogen-bond acceptors (Lipinski definition) is 4. The normalized spacial score (nSPS) is 27.2. The maximum Gasteiger partial charge on any atom is 0.326 e. The summed E-state index contributed by atoms with van der Waals surface area (Å²) in [6, 6.07) is 12.1. The number of ether oxygens (including phenoxy) is 1. The molecule has 0 saturated heterocycles. The van der Waals surface area contributed by atoms with Crippen molar-refractivity contribution in [2.24, 2.45) is 23.2 Å². The Balaban J connectivity index is 1.29. The Kier molecular flexibility index (Phi) is 6.17. The molecule has 4 bridgehead atoms. The van der Waals surface area contributed by atoms with E-state index in [4.69, 9.17) is 27.9 Å². The summed E-state index contributed by atoms with van der Waals surface area (Å²) in [7, 11) is 0. The first-order valence-corrected chi connectivity index (χ1v) is 14.0. The van der Waals surface area contributed by atoms with Crippen molar-refractivity contribution in [3.63, 3.8) is 0 Å². The van der Waals surface area contributed by atoms with E-state index in [-0.39, 0.29) is 17.9 Å². The SMILES string of the molecule is O=C(NC(C(=O)O)C12CC3CC(CC(C3)C1)C2)c1sc2ccccc2c1OCc1ccc(Cl)c(Cl)c1. The molecule has 1 atom stereocenters. The Morgan fingerprint density at radius 2 is 1.69 bits per heavy atom. The fourth-order valence-corrected chi connectivity index (χ4v) is 8.68. The molecule has 1 unspecified atom stereocenters. The lowest BCUT2D eigenvalue weighted by atomic mass is 9.47. The number of amides is 1. The number of aliphatic carboxylic acids is 1. The van der Waals surface area contributed by atoms with Gasteiger partial charge in [-0.2, -0.15) is 0 Å². The zero-order valence-electron chi connectivity index (χ0n) is 19.6. The van der Waals surface area contributed by atoms with Gasteiger partial charge in [-0.05, 0) is 86.1 Å². The van der Waals surface area contributed by atoms with Crippen molar-refractivity contribution in [3.05, 3.63) is 63.0 Å². The summed E-state index contributed by atoms with van der Waals surface area (Å²) in [5, 5.41) is 15.0. The lowest BCUT2D eigenvalue weighted by Crippen LogP contribution is -2.59. The number of rotatable bonds is 7. The van der Waals surface area contributed by atoms with Crippen molar-refractivity contribution >= 4 is 56.5 Å². The Morgan fingerprint density at radius 1 is 1.03 bits per heavy atom. The smallest absolute Gasteiger partial charge is 0.326 e. The fourth-order valence-electron chi connectivity index (χ4n) is 7.30. The largest absolute Gasteiger partial charge is 0.487 e. The number of hydrogen-bond donors (Lipinski definition) is 2. The van der Waals surface area contributed by atoms with Gasteiger partial charge in [0.15, 0.2) is 5.75 Å². The third kappa shape index (κ3) is 4.27. The van der Waals surface area contributed by atoms with Crippen LogP contribution in [0, 0.1) is 23.2 Å². The van der Waals surface area contributed by atoms with E-state index in [2.05, 4.69) is 5.32 Å². The quantitative estimate of drug-likeness (QED) is 0.330. The minimum absolute atomic E-state index is 0.204. The van der Waals surface area contributed by atoms with Crippen molar-refractivity contribution in [1.29, 1.82) is 0 Å². The number of carboxylic acids is 1. The number of carbonyl (C=O) groups excluding carboxylic acids is 1. The molecule has 3 aromatic rings. The predicted octanol–water partition coefficient (Wildman–Crippen LogP) is 7.19. The zero-order valence-corrected chi connectivity index (χ0v) is 22.0. The first kappa shape index (κ1) is 24.1. The van der Waals surface area contributed by atoms with Crippen LogP contribution in [0.15, 0.2) is 42.5 Å². The molecule has 4 aliphatic rings. The topological polar surface area (TPSA) is 75.6 Å². The molecule has 7 rings (SSSR count). The number of nitrogens with one attached hydrogen (secondary N) is 1. The van der Waals surface area contributed by atoms with E-state index < -0.39 is 12.0 Å². The molecule has 1 heterocycles. The molecule has 2 N–H and O–H groups in total. The van der Waals surface area contributed by atoms with Crippen LogP contribution in [-0.2, 0) is 11.4 Å². The Labute approximate surface area is 223 Å². The van der Waals surface area contributed by atoms with Crippen molar-refractivity contribution in [3.8, 4) is 5.75 Å². The molecule has 4 saturated carbocycles. The minimum Gasteiger partial charge on any atom is -0.487 e. The number of halogens is 2. The molecule has 188 valence electrons. The van der Waals surface area contributed by atoms with E-state index in [0.29, 0.717) is 38.4 Å². The van der Waals surface area contributed by atoms with Crippen molar-refractivity contribution in [2.75, 3.05) is 0 Å². The van der Waals surface area contributed by atoms with E-state index in [1.165, 1.54) is 30.6 Å². The maximum absolute atomic E-state index is 13.7. The third-order valence-electron chi connectivity index (χ3n) is 8.34. The Bertz CT molecular complexity index is 1320. The van der Waals surface area contributed by atoms with Gasteiger partial charge in [0.2, 0.25) is 0 Å². The lowest BCUT2D eigenvalue weighted by molar-refractivity contribution is -0.150. The van der Waals surface area contributed by atoms with Gasteiger partial charge in [-0.1, -0.05) is 41.4 Å². The monoisotopic (exact) mass is 543 g/mol. The second-order valence-electron chi connectivity index (χ2n) is 10.8. The van der Waals surface area contributed by atoms with Crippen molar-refractivity contribution in [1.82, 2.24) is 5.32 Å². The van der Waals surface area contributed by atoms with Crippen LogP contribution in [0.1, 0.15) is 53.8 Å². The van der Waals surface area contributed by atoms with E-state index >= 15 is 0 Å². The van der Waals surface area contributed by atoms with Crippen LogP contribution >= 0.6 is 34.5 Å². The summed E-state index contributed by atoms with van der Waals surface area (Å²) in [6.07, 6.45) is 6.31. The van der Waals surface area contributed by atoms with Crippen LogP contribution in [0.5, 0.6) is 5.75 Å². The van der Waals surface area contributed by atoms with Gasteiger partial charge < -0.3 is 15.2 Å². The molecule has 0 aliphatic heterocycles. The molecular formula is C28H27Cl2NO4S. The highest BCUT2D eigenvalue weighted by Crippen LogP contribution is 2.61.